The summed E-state index contributed by atoms with van der Waals surface area (Å²) in [7, 11) is 1.59. The average molecular weight is 382 g/mol. The molecule has 146 valence electrons. The van der Waals surface area contributed by atoms with Crippen LogP contribution in [0.2, 0.25) is 0 Å². The minimum absolute atomic E-state index is 0.0833. The number of ether oxygens (including phenoxy) is 1. The maximum atomic E-state index is 12.6. The number of para-hydroxylation sites is 1. The van der Waals surface area contributed by atoms with Crippen LogP contribution in [0.5, 0.6) is 5.75 Å². The van der Waals surface area contributed by atoms with Crippen LogP contribution in [-0.2, 0) is 9.59 Å². The van der Waals surface area contributed by atoms with Gasteiger partial charge in [-0.1, -0.05) is 18.2 Å². The van der Waals surface area contributed by atoms with Crippen molar-refractivity contribution in [3.8, 4) is 5.75 Å². The number of benzene rings is 2. The first-order valence-corrected chi connectivity index (χ1v) is 9.43. The summed E-state index contributed by atoms with van der Waals surface area (Å²) in [5.74, 6) is 0.608. The number of nitrogens with one attached hydrogen (secondary N) is 2. The molecule has 0 aliphatic carbocycles. The topological polar surface area (TPSA) is 76.2 Å². The van der Waals surface area contributed by atoms with Crippen LogP contribution in [0.15, 0.2) is 40.8 Å². The molecule has 0 saturated carbocycles. The highest BCUT2D eigenvalue weighted by Gasteiger charge is 2.24. The fourth-order valence-corrected chi connectivity index (χ4v) is 3.75. The number of hydrogen-bond acceptors (Lipinski definition) is 4. The number of quaternary nitrogens is 1. The Kier molecular flexibility index (Phi) is 4.92. The second kappa shape index (κ2) is 7.52. The van der Waals surface area contributed by atoms with Gasteiger partial charge >= 0.3 is 0 Å². The van der Waals surface area contributed by atoms with Crippen LogP contribution in [0.4, 0.5) is 5.69 Å². The number of nitrogens with zero attached hydrogens (tertiary/aromatic N) is 1. The van der Waals surface area contributed by atoms with Crippen molar-refractivity contribution in [2.24, 2.45) is 0 Å². The molecule has 0 bridgehead atoms. The molecule has 1 fully saturated rings. The van der Waals surface area contributed by atoms with E-state index in [0.717, 1.165) is 29.4 Å². The molecule has 1 saturated heterocycles. The van der Waals surface area contributed by atoms with Crippen molar-refractivity contribution in [2.75, 3.05) is 45.2 Å². The molecule has 2 aromatic carbocycles. The monoisotopic (exact) mass is 382 g/mol. The van der Waals surface area contributed by atoms with Crippen molar-refractivity contribution in [3.05, 3.63) is 36.4 Å². The Labute approximate surface area is 162 Å². The third-order valence-electron chi connectivity index (χ3n) is 5.30. The molecule has 1 aliphatic rings. The Morgan fingerprint density at radius 3 is 2.61 bits per heavy atom. The number of furan rings is 1. The summed E-state index contributed by atoms with van der Waals surface area (Å²) in [6.07, 6.45) is 0. The molecule has 2 amide bonds. The van der Waals surface area contributed by atoms with Gasteiger partial charge < -0.3 is 24.3 Å². The highest BCUT2D eigenvalue weighted by atomic mass is 16.5. The van der Waals surface area contributed by atoms with E-state index in [1.807, 2.05) is 41.3 Å². The highest BCUT2D eigenvalue weighted by molar-refractivity contribution is 6.07. The van der Waals surface area contributed by atoms with Crippen LogP contribution in [0.25, 0.3) is 21.9 Å². The molecule has 2 N–H and O–H groups in total. The zero-order valence-electron chi connectivity index (χ0n) is 16.1. The van der Waals surface area contributed by atoms with E-state index in [1.54, 1.807) is 14.0 Å². The van der Waals surface area contributed by atoms with Gasteiger partial charge in [-0.3, -0.25) is 9.59 Å². The lowest BCUT2D eigenvalue weighted by Gasteiger charge is -2.31. The number of amides is 2. The number of hydrogen-bond donors (Lipinski definition) is 2. The summed E-state index contributed by atoms with van der Waals surface area (Å²) in [5.41, 5.74) is 2.11. The van der Waals surface area contributed by atoms with Gasteiger partial charge in [-0.25, -0.2) is 0 Å². The van der Waals surface area contributed by atoms with Gasteiger partial charge in [0.25, 0.3) is 5.91 Å². The van der Waals surface area contributed by atoms with E-state index >= 15 is 0 Å². The molecule has 0 unspecified atom stereocenters. The molecule has 4 rings (SSSR count). The van der Waals surface area contributed by atoms with Crippen molar-refractivity contribution in [1.82, 2.24) is 4.90 Å². The number of anilines is 1. The van der Waals surface area contributed by atoms with Gasteiger partial charge in [0.1, 0.15) is 16.9 Å². The van der Waals surface area contributed by atoms with Crippen LogP contribution in [0, 0.1) is 0 Å². The predicted octanol–water partition coefficient (Wildman–Crippen LogP) is 1.28. The van der Waals surface area contributed by atoms with E-state index in [2.05, 4.69) is 5.32 Å². The van der Waals surface area contributed by atoms with Crippen LogP contribution in [-0.4, -0.2) is 56.5 Å². The fourth-order valence-electron chi connectivity index (χ4n) is 3.75. The second-order valence-electron chi connectivity index (χ2n) is 7.13. The number of piperazine rings is 1. The number of fused-ring (bicyclic) bond motifs is 3. The van der Waals surface area contributed by atoms with Gasteiger partial charge in [-0.15, -0.1) is 0 Å². The smallest absolute Gasteiger partial charge is 0.279 e. The quantitative estimate of drug-likeness (QED) is 0.713. The lowest BCUT2D eigenvalue weighted by Crippen LogP contribution is -3.15. The maximum Gasteiger partial charge on any atom is 0.279 e. The molecule has 1 aliphatic heterocycles. The summed E-state index contributed by atoms with van der Waals surface area (Å²) >= 11 is 0. The second-order valence-corrected chi connectivity index (χ2v) is 7.13. The van der Waals surface area contributed by atoms with Gasteiger partial charge in [0.05, 0.1) is 39.0 Å². The zero-order chi connectivity index (χ0) is 19.7. The first-order valence-electron chi connectivity index (χ1n) is 9.43. The van der Waals surface area contributed by atoms with E-state index < -0.39 is 0 Å². The Balaban J connectivity index is 1.50. The van der Waals surface area contributed by atoms with E-state index in [1.165, 1.54) is 4.90 Å². The summed E-state index contributed by atoms with van der Waals surface area (Å²) in [4.78, 5) is 27.0. The maximum absolute atomic E-state index is 12.6. The minimum Gasteiger partial charge on any atom is -0.495 e. The summed E-state index contributed by atoms with van der Waals surface area (Å²) < 4.78 is 11.4. The molecule has 7 heteroatoms. The molecule has 0 spiro atoms. The Morgan fingerprint density at radius 2 is 1.89 bits per heavy atom. The fraction of sp³-hybridized carbons (Fsp3) is 0.333. The van der Waals surface area contributed by atoms with Crippen molar-refractivity contribution >= 4 is 39.4 Å². The molecule has 7 nitrogen and oxygen atoms in total. The Bertz CT molecular complexity index is 1030. The normalized spacial score (nSPS) is 15.1. The number of rotatable bonds is 4. The van der Waals surface area contributed by atoms with Crippen LogP contribution < -0.4 is 15.0 Å². The molecular weight excluding hydrogens is 358 g/mol. The van der Waals surface area contributed by atoms with Gasteiger partial charge in [0, 0.05) is 23.8 Å². The van der Waals surface area contributed by atoms with E-state index in [-0.39, 0.29) is 11.8 Å². The lowest BCUT2D eigenvalue weighted by atomic mass is 10.1. The molecule has 1 aromatic heterocycles. The molecule has 0 atom stereocenters. The summed E-state index contributed by atoms with van der Waals surface area (Å²) in [6.45, 7) is 4.85. The van der Waals surface area contributed by atoms with Gasteiger partial charge in [0.15, 0.2) is 6.54 Å². The number of carbonyl (C=O) groups is 2. The van der Waals surface area contributed by atoms with Crippen LogP contribution in [0.3, 0.4) is 0 Å². The largest absolute Gasteiger partial charge is 0.495 e. The first-order chi connectivity index (χ1) is 13.5. The van der Waals surface area contributed by atoms with Crippen LogP contribution >= 0.6 is 0 Å². The highest BCUT2D eigenvalue weighted by Crippen LogP contribution is 2.36. The molecule has 3 aromatic rings. The van der Waals surface area contributed by atoms with Gasteiger partial charge in [-0.05, 0) is 12.1 Å². The number of carbonyl (C=O) groups excluding carboxylic acids is 2. The van der Waals surface area contributed by atoms with Crippen molar-refractivity contribution in [2.45, 2.75) is 6.92 Å². The Hall–Kier alpha value is -3.06. The minimum atomic E-state index is -0.0833. The first kappa shape index (κ1) is 18.3. The molecular formula is C21H24N3O4+. The Morgan fingerprint density at radius 1 is 1.14 bits per heavy atom. The molecule has 2 heterocycles. The molecule has 28 heavy (non-hydrogen) atoms. The molecule has 0 radical (unpaired) electrons. The summed E-state index contributed by atoms with van der Waals surface area (Å²) in [6, 6.07) is 11.5. The van der Waals surface area contributed by atoms with Gasteiger partial charge in [-0.2, -0.15) is 0 Å². The van der Waals surface area contributed by atoms with E-state index in [9.17, 15) is 9.59 Å². The average Bonchev–Trinajstić information content (AvgIpc) is 3.05. The number of methoxy groups -OCH3 is 1. The zero-order valence-corrected chi connectivity index (χ0v) is 16.1. The third kappa shape index (κ3) is 3.53. The van der Waals surface area contributed by atoms with Crippen molar-refractivity contribution in [1.29, 1.82) is 0 Å². The standard InChI is InChI=1S/C21H23N3O4/c1-14(25)24-9-7-23(8-10-24)13-21(26)22-17-12-19-16(11-20(17)27-2)15-5-3-4-6-18(15)28-19/h3-6,11-12H,7-10,13H2,1-2H3,(H,22,26)/p+1. The predicted molar refractivity (Wildman–Crippen MR) is 107 cm³/mol. The van der Waals surface area contributed by atoms with Crippen LogP contribution in [0.1, 0.15) is 6.92 Å². The van der Waals surface area contributed by atoms with E-state index in [4.69, 9.17) is 9.15 Å². The van der Waals surface area contributed by atoms with Gasteiger partial charge in [0.2, 0.25) is 5.91 Å². The van der Waals surface area contributed by atoms with Crippen molar-refractivity contribution in [3.63, 3.8) is 0 Å². The van der Waals surface area contributed by atoms with Crippen molar-refractivity contribution < 1.29 is 23.6 Å². The van der Waals surface area contributed by atoms with E-state index in [0.29, 0.717) is 36.7 Å². The SMILES string of the molecule is COc1cc2c(cc1NC(=O)C[NH+]1CCN(C(C)=O)CC1)oc1ccccc12. The summed E-state index contributed by atoms with van der Waals surface area (Å²) in [5, 5.41) is 4.92. The third-order valence-corrected chi connectivity index (χ3v) is 5.30. The lowest BCUT2D eigenvalue weighted by molar-refractivity contribution is -0.895.